The molecule has 1 unspecified atom stereocenters. The van der Waals surface area contributed by atoms with Gasteiger partial charge in [0.2, 0.25) is 0 Å². The first-order valence-corrected chi connectivity index (χ1v) is 7.38. The summed E-state index contributed by atoms with van der Waals surface area (Å²) in [5, 5.41) is 13.9. The molecule has 2 N–H and O–H groups in total. The lowest BCUT2D eigenvalue weighted by Crippen LogP contribution is -2.35. The second-order valence-electron chi connectivity index (χ2n) is 5.78. The van der Waals surface area contributed by atoms with Gasteiger partial charge in [0.15, 0.2) is 0 Å². The molecule has 0 saturated carbocycles. The molecule has 1 aliphatic heterocycles. The van der Waals surface area contributed by atoms with Gasteiger partial charge in [-0.3, -0.25) is 0 Å². The summed E-state index contributed by atoms with van der Waals surface area (Å²) in [6, 6.07) is 16.1. The van der Waals surface area contributed by atoms with Crippen LogP contribution in [0.4, 0.5) is 0 Å². The highest BCUT2D eigenvalue weighted by atomic mass is 16.5. The predicted molar refractivity (Wildman–Crippen MR) is 83.4 cm³/mol. The number of aliphatic hydroxyl groups is 1. The van der Waals surface area contributed by atoms with Crippen molar-refractivity contribution < 1.29 is 9.84 Å². The average Bonchev–Trinajstić information content (AvgIpc) is 2.95. The Morgan fingerprint density at radius 2 is 2.00 bits per heavy atom. The van der Waals surface area contributed by atoms with Gasteiger partial charge in [0, 0.05) is 19.5 Å². The van der Waals surface area contributed by atoms with Crippen molar-refractivity contribution in [2.24, 2.45) is 0 Å². The molecule has 0 spiro atoms. The zero-order valence-electron chi connectivity index (χ0n) is 12.3. The standard InChI is InChI=1S/C18H21NO2/c1-18(20,16-5-3-2-4-6-16)13-19-12-14-7-8-17-15(11-14)9-10-21-17/h2-8,11,19-20H,9-10,12-13H2,1H3. The quantitative estimate of drug-likeness (QED) is 0.886. The number of ether oxygens (including phenoxy) is 1. The van der Waals surface area contributed by atoms with Crippen LogP contribution >= 0.6 is 0 Å². The zero-order valence-corrected chi connectivity index (χ0v) is 12.3. The molecule has 0 amide bonds. The number of fused-ring (bicyclic) bond motifs is 1. The summed E-state index contributed by atoms with van der Waals surface area (Å²) in [6.45, 7) is 3.89. The largest absolute Gasteiger partial charge is 0.493 e. The Kier molecular flexibility index (Phi) is 3.95. The molecule has 0 radical (unpaired) electrons. The van der Waals surface area contributed by atoms with Crippen molar-refractivity contribution in [2.45, 2.75) is 25.5 Å². The van der Waals surface area contributed by atoms with Crippen molar-refractivity contribution in [3.63, 3.8) is 0 Å². The zero-order chi connectivity index (χ0) is 14.7. The smallest absolute Gasteiger partial charge is 0.122 e. The summed E-state index contributed by atoms with van der Waals surface area (Å²) < 4.78 is 5.51. The molecule has 2 aromatic rings. The van der Waals surface area contributed by atoms with Crippen molar-refractivity contribution in [3.05, 3.63) is 65.2 Å². The third-order valence-corrected chi connectivity index (χ3v) is 3.95. The number of hydrogen-bond acceptors (Lipinski definition) is 3. The molecular weight excluding hydrogens is 262 g/mol. The van der Waals surface area contributed by atoms with Crippen LogP contribution in [-0.4, -0.2) is 18.3 Å². The first kappa shape index (κ1) is 14.1. The summed E-state index contributed by atoms with van der Waals surface area (Å²) in [7, 11) is 0. The fourth-order valence-electron chi connectivity index (χ4n) is 2.70. The molecule has 0 bridgehead atoms. The summed E-state index contributed by atoms with van der Waals surface area (Å²) in [4.78, 5) is 0. The van der Waals surface area contributed by atoms with Gasteiger partial charge < -0.3 is 15.2 Å². The van der Waals surface area contributed by atoms with E-state index in [9.17, 15) is 5.11 Å². The molecule has 0 aromatic heterocycles. The molecule has 3 heteroatoms. The minimum absolute atomic E-state index is 0.518. The highest BCUT2D eigenvalue weighted by Gasteiger charge is 2.22. The lowest BCUT2D eigenvalue weighted by Gasteiger charge is -2.24. The van der Waals surface area contributed by atoms with Crippen LogP contribution < -0.4 is 10.1 Å². The maximum Gasteiger partial charge on any atom is 0.122 e. The Balaban J connectivity index is 1.58. The second-order valence-corrected chi connectivity index (χ2v) is 5.78. The second kappa shape index (κ2) is 5.88. The molecule has 21 heavy (non-hydrogen) atoms. The van der Waals surface area contributed by atoms with E-state index in [0.717, 1.165) is 30.9 Å². The van der Waals surface area contributed by atoms with E-state index < -0.39 is 5.60 Å². The van der Waals surface area contributed by atoms with Crippen LogP contribution in [0.25, 0.3) is 0 Å². The number of hydrogen-bond donors (Lipinski definition) is 2. The van der Waals surface area contributed by atoms with Gasteiger partial charge in [-0.25, -0.2) is 0 Å². The Bertz CT molecular complexity index is 608. The van der Waals surface area contributed by atoms with Crippen molar-refractivity contribution in [1.29, 1.82) is 0 Å². The molecule has 1 atom stereocenters. The van der Waals surface area contributed by atoms with Crippen molar-refractivity contribution in [1.82, 2.24) is 5.32 Å². The molecule has 1 aliphatic rings. The van der Waals surface area contributed by atoms with Crippen molar-refractivity contribution in [2.75, 3.05) is 13.2 Å². The van der Waals surface area contributed by atoms with Crippen molar-refractivity contribution >= 4 is 0 Å². The van der Waals surface area contributed by atoms with Crippen molar-refractivity contribution in [3.8, 4) is 5.75 Å². The number of nitrogens with one attached hydrogen (secondary N) is 1. The highest BCUT2D eigenvalue weighted by molar-refractivity contribution is 5.39. The topological polar surface area (TPSA) is 41.5 Å². The van der Waals surface area contributed by atoms with Crippen LogP contribution in [0.5, 0.6) is 5.75 Å². The average molecular weight is 283 g/mol. The van der Waals surface area contributed by atoms with E-state index in [4.69, 9.17) is 4.74 Å². The van der Waals surface area contributed by atoms with E-state index in [-0.39, 0.29) is 0 Å². The predicted octanol–water partition coefficient (Wildman–Crippen LogP) is 2.62. The minimum Gasteiger partial charge on any atom is -0.493 e. The van der Waals surface area contributed by atoms with Gasteiger partial charge in [0.05, 0.1) is 12.2 Å². The van der Waals surface area contributed by atoms with Crippen LogP contribution in [0.15, 0.2) is 48.5 Å². The van der Waals surface area contributed by atoms with Gasteiger partial charge >= 0.3 is 0 Å². The highest BCUT2D eigenvalue weighted by Crippen LogP contribution is 2.26. The fourth-order valence-corrected chi connectivity index (χ4v) is 2.70. The molecule has 110 valence electrons. The molecule has 0 saturated heterocycles. The molecule has 0 aliphatic carbocycles. The van der Waals surface area contributed by atoms with E-state index in [0.29, 0.717) is 6.54 Å². The van der Waals surface area contributed by atoms with E-state index in [1.807, 2.05) is 43.3 Å². The van der Waals surface area contributed by atoms with Crippen LogP contribution in [0.3, 0.4) is 0 Å². The van der Waals surface area contributed by atoms with Crippen LogP contribution in [0.2, 0.25) is 0 Å². The van der Waals surface area contributed by atoms with Crippen LogP contribution in [-0.2, 0) is 18.6 Å². The lowest BCUT2D eigenvalue weighted by atomic mass is 9.96. The van der Waals surface area contributed by atoms with E-state index in [1.54, 1.807) is 0 Å². The maximum atomic E-state index is 10.5. The van der Waals surface area contributed by atoms with Crippen LogP contribution in [0, 0.1) is 0 Å². The van der Waals surface area contributed by atoms with E-state index in [2.05, 4.69) is 17.4 Å². The lowest BCUT2D eigenvalue weighted by molar-refractivity contribution is 0.0567. The monoisotopic (exact) mass is 283 g/mol. The van der Waals surface area contributed by atoms with Gasteiger partial charge in [-0.1, -0.05) is 42.5 Å². The molecule has 3 rings (SSSR count). The Morgan fingerprint density at radius 1 is 1.19 bits per heavy atom. The minimum atomic E-state index is -0.860. The van der Waals surface area contributed by atoms with Crippen LogP contribution in [0.1, 0.15) is 23.6 Å². The SMILES string of the molecule is CC(O)(CNCc1ccc2c(c1)CCO2)c1ccccc1. The molecule has 1 heterocycles. The van der Waals surface area contributed by atoms with Gasteiger partial charge in [-0.15, -0.1) is 0 Å². The van der Waals surface area contributed by atoms with E-state index in [1.165, 1.54) is 11.1 Å². The van der Waals surface area contributed by atoms with Gasteiger partial charge in [0.25, 0.3) is 0 Å². The van der Waals surface area contributed by atoms with Gasteiger partial charge in [0.1, 0.15) is 5.75 Å². The summed E-state index contributed by atoms with van der Waals surface area (Å²) >= 11 is 0. The third-order valence-electron chi connectivity index (χ3n) is 3.95. The maximum absolute atomic E-state index is 10.5. The molecular formula is C18H21NO2. The first-order valence-electron chi connectivity index (χ1n) is 7.38. The Hall–Kier alpha value is -1.84. The molecule has 3 nitrogen and oxygen atoms in total. The first-order chi connectivity index (χ1) is 10.1. The Labute approximate surface area is 125 Å². The van der Waals surface area contributed by atoms with E-state index >= 15 is 0 Å². The van der Waals surface area contributed by atoms with Gasteiger partial charge in [-0.2, -0.15) is 0 Å². The number of rotatable bonds is 5. The summed E-state index contributed by atoms with van der Waals surface area (Å²) in [6.07, 6.45) is 0.991. The molecule has 0 fully saturated rings. The summed E-state index contributed by atoms with van der Waals surface area (Å²) in [5.41, 5.74) is 2.58. The fraction of sp³-hybridized carbons (Fsp3) is 0.333. The van der Waals surface area contributed by atoms with Gasteiger partial charge in [-0.05, 0) is 29.7 Å². The Morgan fingerprint density at radius 3 is 2.81 bits per heavy atom. The summed E-state index contributed by atoms with van der Waals surface area (Å²) in [5.74, 6) is 1.01. The number of benzene rings is 2. The normalized spacial score (nSPS) is 16.1. The molecule has 2 aromatic carbocycles. The third kappa shape index (κ3) is 3.26.